The highest BCUT2D eigenvalue weighted by Gasteiger charge is 2.51. The second-order valence-corrected chi connectivity index (χ2v) is 6.37. The number of Topliss-reactive ketones (excluding diaryl/α,β-unsaturated/α-hetero) is 1. The van der Waals surface area contributed by atoms with E-state index >= 15 is 0 Å². The van der Waals surface area contributed by atoms with Gasteiger partial charge in [-0.3, -0.25) is 4.79 Å². The maximum atomic E-state index is 14.8. The molecule has 0 heterocycles. The van der Waals surface area contributed by atoms with Crippen LogP contribution in [0, 0.1) is 0 Å². The van der Waals surface area contributed by atoms with Crippen LogP contribution in [0.4, 0.5) is 4.39 Å². The summed E-state index contributed by atoms with van der Waals surface area (Å²) in [6.45, 7) is 4.89. The Morgan fingerprint density at radius 1 is 1.40 bits per heavy atom. The van der Waals surface area contributed by atoms with Gasteiger partial charge in [-0.2, -0.15) is 0 Å². The van der Waals surface area contributed by atoms with Gasteiger partial charge < -0.3 is 4.74 Å². The van der Waals surface area contributed by atoms with Crippen LogP contribution in [0.5, 0.6) is 0 Å². The van der Waals surface area contributed by atoms with Crippen LogP contribution in [0.3, 0.4) is 0 Å². The fraction of sp³-hybridized carbons (Fsp3) is 0.467. The molecule has 1 unspecified atom stereocenters. The van der Waals surface area contributed by atoms with E-state index in [1.165, 1.54) is 6.07 Å². The Balaban J connectivity index is 2.36. The van der Waals surface area contributed by atoms with Crippen LogP contribution in [0.15, 0.2) is 18.2 Å². The van der Waals surface area contributed by atoms with Crippen molar-refractivity contribution in [1.82, 2.24) is 0 Å². The molecule has 1 atom stereocenters. The van der Waals surface area contributed by atoms with Crippen molar-refractivity contribution in [2.45, 2.75) is 44.9 Å². The molecule has 1 aromatic rings. The normalized spacial score (nSPS) is 22.4. The van der Waals surface area contributed by atoms with Crippen molar-refractivity contribution in [3.8, 4) is 0 Å². The van der Waals surface area contributed by atoms with E-state index in [0.717, 1.165) is 0 Å². The van der Waals surface area contributed by atoms with E-state index in [1.54, 1.807) is 32.9 Å². The summed E-state index contributed by atoms with van der Waals surface area (Å²) in [6.07, 6.45) is 0.101. The minimum absolute atomic E-state index is 0.164. The molecular weight excluding hydrogens is 283 g/mol. The van der Waals surface area contributed by atoms with Crippen LogP contribution in [-0.4, -0.2) is 23.0 Å². The number of ether oxygens (including phenoxy) is 1. The van der Waals surface area contributed by atoms with Crippen molar-refractivity contribution < 1.29 is 18.7 Å². The van der Waals surface area contributed by atoms with Crippen molar-refractivity contribution >= 4 is 23.4 Å². The second-order valence-electron chi connectivity index (χ2n) is 5.93. The van der Waals surface area contributed by atoms with Crippen LogP contribution in [-0.2, 0) is 16.0 Å². The van der Waals surface area contributed by atoms with Gasteiger partial charge in [-0.15, -0.1) is 0 Å². The van der Waals surface area contributed by atoms with Crippen LogP contribution in [0.1, 0.15) is 43.1 Å². The molecule has 0 amide bonds. The Morgan fingerprint density at radius 2 is 2.05 bits per heavy atom. The summed E-state index contributed by atoms with van der Waals surface area (Å²) in [5.74, 6) is -1.99. The van der Waals surface area contributed by atoms with Gasteiger partial charge >= 0.3 is 5.97 Å². The number of benzene rings is 1. The van der Waals surface area contributed by atoms with Gasteiger partial charge in [0.25, 0.3) is 5.67 Å². The summed E-state index contributed by atoms with van der Waals surface area (Å²) in [7, 11) is 0. The van der Waals surface area contributed by atoms with Gasteiger partial charge in [0.1, 0.15) is 5.60 Å². The third-order valence-electron chi connectivity index (χ3n) is 3.14. The minimum Gasteiger partial charge on any atom is -0.457 e. The molecule has 1 aliphatic carbocycles. The van der Waals surface area contributed by atoms with Crippen molar-refractivity contribution in [1.29, 1.82) is 0 Å². The lowest BCUT2D eigenvalue weighted by atomic mass is 9.80. The van der Waals surface area contributed by atoms with E-state index in [9.17, 15) is 14.0 Å². The first-order valence-corrected chi connectivity index (χ1v) is 6.77. The number of hydrogen-bond donors (Lipinski definition) is 0. The lowest BCUT2D eigenvalue weighted by Gasteiger charge is -2.30. The number of ketones is 1. The van der Waals surface area contributed by atoms with Crippen LogP contribution in [0.25, 0.3) is 0 Å². The van der Waals surface area contributed by atoms with Crippen molar-refractivity contribution in [3.05, 3.63) is 34.3 Å². The topological polar surface area (TPSA) is 43.4 Å². The van der Waals surface area contributed by atoms with Gasteiger partial charge in [-0.1, -0.05) is 17.7 Å². The summed E-state index contributed by atoms with van der Waals surface area (Å²) in [4.78, 5) is 24.3. The molecule has 0 fully saturated rings. The average molecular weight is 299 g/mol. The monoisotopic (exact) mass is 298 g/mol. The van der Waals surface area contributed by atoms with Crippen molar-refractivity contribution in [3.63, 3.8) is 0 Å². The number of aryl methyl sites for hydroxylation is 1. The zero-order valence-corrected chi connectivity index (χ0v) is 12.4. The fourth-order valence-electron chi connectivity index (χ4n) is 2.17. The third-order valence-corrected chi connectivity index (χ3v) is 3.37. The van der Waals surface area contributed by atoms with E-state index in [-0.39, 0.29) is 12.0 Å². The fourth-order valence-corrected chi connectivity index (χ4v) is 2.34. The zero-order valence-electron chi connectivity index (χ0n) is 11.6. The zero-order chi connectivity index (χ0) is 15.1. The molecule has 3 nitrogen and oxygen atoms in total. The molecule has 108 valence electrons. The van der Waals surface area contributed by atoms with Crippen molar-refractivity contribution in [2.24, 2.45) is 0 Å². The maximum absolute atomic E-state index is 14.8. The molecule has 0 N–H and O–H groups in total. The van der Waals surface area contributed by atoms with Crippen LogP contribution < -0.4 is 0 Å². The quantitative estimate of drug-likeness (QED) is 0.588. The predicted molar refractivity (Wildman–Crippen MR) is 73.8 cm³/mol. The summed E-state index contributed by atoms with van der Waals surface area (Å²) >= 11 is 5.83. The molecule has 0 aromatic heterocycles. The number of alkyl halides is 1. The Hall–Kier alpha value is -1.42. The number of halogens is 2. The number of fused-ring (bicyclic) bond motifs is 1. The van der Waals surface area contributed by atoms with Crippen molar-refractivity contribution in [2.75, 3.05) is 0 Å². The first-order chi connectivity index (χ1) is 9.13. The number of rotatable bonds is 1. The molecule has 0 aliphatic heterocycles. The number of esters is 1. The molecule has 0 spiro atoms. The highest BCUT2D eigenvalue weighted by atomic mass is 35.5. The molecule has 5 heteroatoms. The molecule has 0 bridgehead atoms. The molecule has 2 rings (SSSR count). The average Bonchev–Trinajstić information content (AvgIpc) is 2.32. The highest BCUT2D eigenvalue weighted by molar-refractivity contribution is 6.31. The summed E-state index contributed by atoms with van der Waals surface area (Å²) in [5, 5.41) is 0.338. The van der Waals surface area contributed by atoms with Gasteiger partial charge in [-0.25, -0.2) is 9.18 Å². The Morgan fingerprint density at radius 3 is 2.65 bits per heavy atom. The first kappa shape index (κ1) is 15.0. The second kappa shape index (κ2) is 4.85. The summed E-state index contributed by atoms with van der Waals surface area (Å²) in [6, 6.07) is 4.73. The largest absolute Gasteiger partial charge is 0.457 e. The standard InChI is InChI=1S/C15H16ClFO3/c1-14(2,3)20-13(19)15(17)7-6-9-4-5-10(16)8-11(9)12(15)18/h4-5,8H,6-7H2,1-3H3. The van der Waals surface area contributed by atoms with Gasteiger partial charge in [0.05, 0.1) is 0 Å². The van der Waals surface area contributed by atoms with Crippen LogP contribution in [0.2, 0.25) is 5.02 Å². The maximum Gasteiger partial charge on any atom is 0.352 e. The number of carbonyl (C=O) groups excluding carboxylic acids is 2. The minimum atomic E-state index is -2.62. The van der Waals surface area contributed by atoms with E-state index in [2.05, 4.69) is 0 Å². The SMILES string of the molecule is CC(C)(C)OC(=O)C1(F)CCc2ccc(Cl)cc2C1=O. The molecular formula is C15H16ClFO3. The molecule has 0 saturated heterocycles. The molecule has 0 saturated carbocycles. The first-order valence-electron chi connectivity index (χ1n) is 6.39. The predicted octanol–water partition coefficient (Wildman–Crippen LogP) is 3.52. The molecule has 20 heavy (non-hydrogen) atoms. The van der Waals surface area contributed by atoms with Gasteiger partial charge in [0.2, 0.25) is 5.78 Å². The number of carbonyl (C=O) groups is 2. The number of hydrogen-bond acceptors (Lipinski definition) is 3. The molecule has 1 aromatic carbocycles. The van der Waals surface area contributed by atoms with Crippen LogP contribution >= 0.6 is 11.6 Å². The van der Waals surface area contributed by atoms with E-state index in [0.29, 0.717) is 17.0 Å². The van der Waals surface area contributed by atoms with E-state index < -0.39 is 23.0 Å². The third kappa shape index (κ3) is 2.70. The lowest BCUT2D eigenvalue weighted by Crippen LogP contribution is -2.48. The molecule has 1 aliphatic rings. The summed E-state index contributed by atoms with van der Waals surface area (Å²) < 4.78 is 19.9. The van der Waals surface area contributed by atoms with Gasteiger partial charge in [-0.05, 0) is 44.9 Å². The highest BCUT2D eigenvalue weighted by Crippen LogP contribution is 2.35. The van der Waals surface area contributed by atoms with E-state index in [4.69, 9.17) is 16.3 Å². The summed E-state index contributed by atoms with van der Waals surface area (Å²) in [5.41, 5.74) is -2.59. The Labute approximate surface area is 122 Å². The van der Waals surface area contributed by atoms with Gasteiger partial charge in [0.15, 0.2) is 0 Å². The van der Waals surface area contributed by atoms with E-state index in [1.807, 2.05) is 0 Å². The molecule has 0 radical (unpaired) electrons. The van der Waals surface area contributed by atoms with Gasteiger partial charge in [0, 0.05) is 17.0 Å². The Kier molecular flexibility index (Phi) is 3.63. The Bertz CT molecular complexity index is 577. The lowest BCUT2D eigenvalue weighted by molar-refractivity contribution is -0.166. The smallest absolute Gasteiger partial charge is 0.352 e.